The molecular formula is C14H17N5O3. The zero-order chi connectivity index (χ0) is 16.1. The minimum atomic E-state index is -0.313. The van der Waals surface area contributed by atoms with Gasteiger partial charge in [0, 0.05) is 26.4 Å². The Balaban J connectivity index is 2.23. The van der Waals surface area contributed by atoms with Gasteiger partial charge in [0.05, 0.1) is 26.0 Å². The number of carbonyl (C=O) groups excluding carboxylic acids is 1. The summed E-state index contributed by atoms with van der Waals surface area (Å²) >= 11 is 0. The molecule has 2 aromatic rings. The molecule has 22 heavy (non-hydrogen) atoms. The number of anilines is 2. The van der Waals surface area contributed by atoms with Gasteiger partial charge in [0.25, 0.3) is 5.91 Å². The van der Waals surface area contributed by atoms with Gasteiger partial charge < -0.3 is 19.7 Å². The summed E-state index contributed by atoms with van der Waals surface area (Å²) in [7, 11) is 6.62. The average Bonchev–Trinajstić information content (AvgIpc) is 2.55. The summed E-state index contributed by atoms with van der Waals surface area (Å²) in [6, 6.07) is 3.47. The fourth-order valence-corrected chi connectivity index (χ4v) is 1.71. The van der Waals surface area contributed by atoms with Crippen LogP contribution in [0, 0.1) is 0 Å². The molecule has 1 N–H and O–H groups in total. The van der Waals surface area contributed by atoms with Crippen molar-refractivity contribution in [1.82, 2.24) is 15.0 Å². The number of nitrogens with zero attached hydrogens (tertiary/aromatic N) is 4. The second-order valence-corrected chi connectivity index (χ2v) is 4.53. The van der Waals surface area contributed by atoms with E-state index in [0.29, 0.717) is 22.9 Å². The Morgan fingerprint density at radius 3 is 2.45 bits per heavy atom. The van der Waals surface area contributed by atoms with Crippen LogP contribution in [0.25, 0.3) is 0 Å². The highest BCUT2D eigenvalue weighted by Crippen LogP contribution is 2.23. The predicted octanol–water partition coefficient (Wildman–Crippen LogP) is 1.21. The molecule has 8 nitrogen and oxygen atoms in total. The zero-order valence-electron chi connectivity index (χ0n) is 12.8. The van der Waals surface area contributed by atoms with E-state index in [1.165, 1.54) is 26.6 Å². The molecule has 0 radical (unpaired) electrons. The lowest BCUT2D eigenvalue weighted by Gasteiger charge is -2.16. The van der Waals surface area contributed by atoms with Crippen molar-refractivity contribution in [3.05, 3.63) is 30.1 Å². The Kier molecular flexibility index (Phi) is 4.72. The molecule has 0 atom stereocenters. The highest BCUT2D eigenvalue weighted by Gasteiger charge is 2.14. The first-order chi connectivity index (χ1) is 10.5. The van der Waals surface area contributed by atoms with Crippen molar-refractivity contribution >= 4 is 17.4 Å². The number of aromatic nitrogens is 3. The third kappa shape index (κ3) is 3.40. The Morgan fingerprint density at radius 2 is 1.91 bits per heavy atom. The molecule has 0 aliphatic rings. The van der Waals surface area contributed by atoms with Gasteiger partial charge in [-0.2, -0.15) is 4.98 Å². The second kappa shape index (κ2) is 6.70. The van der Waals surface area contributed by atoms with Crippen LogP contribution >= 0.6 is 0 Å². The Bertz CT molecular complexity index is 658. The van der Waals surface area contributed by atoms with Crippen LogP contribution in [0.1, 0.15) is 10.4 Å². The zero-order valence-corrected chi connectivity index (χ0v) is 12.8. The van der Waals surface area contributed by atoms with Crippen molar-refractivity contribution in [3.8, 4) is 11.9 Å². The van der Waals surface area contributed by atoms with Gasteiger partial charge in [-0.05, 0) is 6.07 Å². The van der Waals surface area contributed by atoms with Crippen molar-refractivity contribution in [2.75, 3.05) is 38.5 Å². The van der Waals surface area contributed by atoms with E-state index in [2.05, 4.69) is 20.3 Å². The molecule has 8 heteroatoms. The van der Waals surface area contributed by atoms with E-state index < -0.39 is 0 Å². The normalized spacial score (nSPS) is 10.0. The van der Waals surface area contributed by atoms with Crippen LogP contribution < -0.4 is 19.7 Å². The number of ether oxygens (including phenoxy) is 2. The second-order valence-electron chi connectivity index (χ2n) is 4.53. The maximum Gasteiger partial charge on any atom is 0.318 e. The van der Waals surface area contributed by atoms with Crippen LogP contribution in [-0.4, -0.2) is 49.2 Å². The number of methoxy groups -OCH3 is 2. The SMILES string of the molecule is COc1ccc(C(=O)Nc2cnc(OC)nc2N(C)C)cn1. The van der Waals surface area contributed by atoms with E-state index in [0.717, 1.165) is 0 Å². The molecular weight excluding hydrogens is 286 g/mol. The summed E-state index contributed by atoms with van der Waals surface area (Å²) in [6.45, 7) is 0. The monoisotopic (exact) mass is 303 g/mol. The minimum absolute atomic E-state index is 0.229. The lowest BCUT2D eigenvalue weighted by molar-refractivity contribution is 0.102. The van der Waals surface area contributed by atoms with Gasteiger partial charge in [-0.1, -0.05) is 0 Å². The molecule has 2 rings (SSSR count). The first-order valence-electron chi connectivity index (χ1n) is 6.45. The Morgan fingerprint density at radius 1 is 1.14 bits per heavy atom. The minimum Gasteiger partial charge on any atom is -0.481 e. The van der Waals surface area contributed by atoms with Gasteiger partial charge >= 0.3 is 6.01 Å². The maximum atomic E-state index is 12.2. The summed E-state index contributed by atoms with van der Waals surface area (Å²) in [5.74, 6) is 0.673. The predicted molar refractivity (Wildman–Crippen MR) is 81.7 cm³/mol. The highest BCUT2D eigenvalue weighted by molar-refractivity contribution is 6.05. The average molecular weight is 303 g/mol. The molecule has 2 aromatic heterocycles. The van der Waals surface area contributed by atoms with E-state index in [-0.39, 0.29) is 11.9 Å². The van der Waals surface area contributed by atoms with Crippen LogP contribution in [-0.2, 0) is 0 Å². The van der Waals surface area contributed by atoms with E-state index >= 15 is 0 Å². The molecule has 0 aliphatic heterocycles. The smallest absolute Gasteiger partial charge is 0.318 e. The standard InChI is InChI=1S/C14H17N5O3/c1-19(2)12-10(8-16-14(18-12)22-4)17-13(20)9-5-6-11(21-3)15-7-9/h5-8H,1-4H3,(H,17,20). The fraction of sp³-hybridized carbons (Fsp3) is 0.286. The van der Waals surface area contributed by atoms with Gasteiger partial charge in [0.2, 0.25) is 5.88 Å². The number of hydrogen-bond donors (Lipinski definition) is 1. The summed E-state index contributed by atoms with van der Waals surface area (Å²) in [5.41, 5.74) is 0.882. The van der Waals surface area contributed by atoms with Gasteiger partial charge in [-0.3, -0.25) is 4.79 Å². The quantitative estimate of drug-likeness (QED) is 0.887. The molecule has 0 unspecified atom stereocenters. The lowest BCUT2D eigenvalue weighted by Crippen LogP contribution is -2.18. The number of amides is 1. The molecule has 0 saturated carbocycles. The maximum absolute atomic E-state index is 12.2. The number of pyridine rings is 1. The molecule has 1 amide bonds. The largest absolute Gasteiger partial charge is 0.481 e. The third-order valence-corrected chi connectivity index (χ3v) is 2.81. The number of carbonyl (C=O) groups is 1. The summed E-state index contributed by atoms with van der Waals surface area (Å²) < 4.78 is 9.95. The molecule has 0 bridgehead atoms. The summed E-state index contributed by atoms with van der Waals surface area (Å²) in [5, 5.41) is 2.75. The number of hydrogen-bond acceptors (Lipinski definition) is 7. The molecule has 0 spiro atoms. The van der Waals surface area contributed by atoms with Crippen molar-refractivity contribution in [2.24, 2.45) is 0 Å². The van der Waals surface area contributed by atoms with Gasteiger partial charge in [0.15, 0.2) is 5.82 Å². The first kappa shape index (κ1) is 15.5. The first-order valence-corrected chi connectivity index (χ1v) is 6.45. The number of rotatable bonds is 5. The molecule has 0 saturated heterocycles. The Labute approximate surface area is 128 Å². The van der Waals surface area contributed by atoms with E-state index in [4.69, 9.17) is 9.47 Å². The Hall–Kier alpha value is -2.90. The van der Waals surface area contributed by atoms with E-state index in [9.17, 15) is 4.79 Å². The summed E-state index contributed by atoms with van der Waals surface area (Å²) in [4.78, 5) is 26.2. The van der Waals surface area contributed by atoms with Crippen molar-refractivity contribution in [1.29, 1.82) is 0 Å². The molecule has 0 aromatic carbocycles. The van der Waals surface area contributed by atoms with Crippen LogP contribution in [0.3, 0.4) is 0 Å². The summed E-state index contributed by atoms with van der Waals surface area (Å²) in [6.07, 6.45) is 2.93. The molecule has 116 valence electrons. The van der Waals surface area contributed by atoms with Gasteiger partial charge in [-0.25, -0.2) is 9.97 Å². The fourth-order valence-electron chi connectivity index (χ4n) is 1.71. The van der Waals surface area contributed by atoms with Crippen molar-refractivity contribution in [2.45, 2.75) is 0 Å². The van der Waals surface area contributed by atoms with Crippen molar-refractivity contribution < 1.29 is 14.3 Å². The lowest BCUT2D eigenvalue weighted by atomic mass is 10.2. The van der Waals surface area contributed by atoms with Crippen molar-refractivity contribution in [3.63, 3.8) is 0 Å². The van der Waals surface area contributed by atoms with E-state index in [1.807, 2.05) is 14.1 Å². The molecule has 0 fully saturated rings. The van der Waals surface area contributed by atoms with Crippen LogP contribution in [0.5, 0.6) is 11.9 Å². The topological polar surface area (TPSA) is 89.5 Å². The van der Waals surface area contributed by atoms with E-state index in [1.54, 1.807) is 17.0 Å². The molecule has 2 heterocycles. The molecule has 0 aliphatic carbocycles. The van der Waals surface area contributed by atoms with Crippen LogP contribution in [0.4, 0.5) is 11.5 Å². The van der Waals surface area contributed by atoms with Crippen LogP contribution in [0.15, 0.2) is 24.5 Å². The third-order valence-electron chi connectivity index (χ3n) is 2.81. The highest BCUT2D eigenvalue weighted by atomic mass is 16.5. The van der Waals surface area contributed by atoms with Gasteiger partial charge in [-0.15, -0.1) is 0 Å². The number of nitrogens with one attached hydrogen (secondary N) is 1. The van der Waals surface area contributed by atoms with Gasteiger partial charge in [0.1, 0.15) is 5.69 Å². The van der Waals surface area contributed by atoms with Crippen LogP contribution in [0.2, 0.25) is 0 Å².